The molecule has 0 saturated carbocycles. The van der Waals surface area contributed by atoms with Crippen LogP contribution in [0.25, 0.3) is 0 Å². The van der Waals surface area contributed by atoms with Crippen LogP contribution in [0.2, 0.25) is 0 Å². The highest BCUT2D eigenvalue weighted by atomic mass is 35.5. The van der Waals surface area contributed by atoms with Crippen molar-refractivity contribution in [2.45, 2.75) is 44.8 Å². The number of hydrogen-bond acceptors (Lipinski definition) is 4. The molecule has 0 aromatic heterocycles. The minimum Gasteiger partial charge on any atom is -0.369 e. The highest BCUT2D eigenvalue weighted by Crippen LogP contribution is 2.17. The van der Waals surface area contributed by atoms with Crippen molar-refractivity contribution in [1.29, 1.82) is 0 Å². The second-order valence-corrected chi connectivity index (χ2v) is 7.19. The van der Waals surface area contributed by atoms with Gasteiger partial charge in [0.25, 0.3) is 0 Å². The summed E-state index contributed by atoms with van der Waals surface area (Å²) in [5.74, 6) is 1.16. The lowest BCUT2D eigenvalue weighted by atomic mass is 10.1. The van der Waals surface area contributed by atoms with E-state index >= 15 is 0 Å². The normalized spacial score (nSPS) is 17.1. The van der Waals surface area contributed by atoms with E-state index in [-0.39, 0.29) is 12.1 Å². The number of anilines is 1. The zero-order valence-electron chi connectivity index (χ0n) is 15.2. The highest BCUT2D eigenvalue weighted by molar-refractivity contribution is 6.18. The molecule has 2 rings (SSSR count). The number of rotatable bonds is 11. The van der Waals surface area contributed by atoms with Crippen LogP contribution >= 0.6 is 23.2 Å². The first kappa shape index (κ1) is 21.3. The van der Waals surface area contributed by atoms with Gasteiger partial charge in [0, 0.05) is 43.6 Å². The summed E-state index contributed by atoms with van der Waals surface area (Å²) in [6.45, 7) is 2.33. The standard InChI is InChI=1S/C19H29Cl2N3O2/c20-11-13-24(14-12-21)17-9-7-16(8-10-17)4-3-5-18(25)22-23-19-6-1-2-15-26-19/h7-10,19,23H,1-6,11-15H2,(H,22,25)/t19-/m1/s1. The number of ether oxygens (including phenoxy) is 1. The molecule has 1 atom stereocenters. The molecule has 1 amide bonds. The Hall–Kier alpha value is -1.01. The number of carbonyl (C=O) groups excluding carboxylic acids is 1. The minimum atomic E-state index is -0.0517. The predicted molar refractivity (Wildman–Crippen MR) is 108 cm³/mol. The molecule has 0 spiro atoms. The Kier molecular flexibility index (Phi) is 10.1. The van der Waals surface area contributed by atoms with E-state index in [2.05, 4.69) is 40.0 Å². The summed E-state index contributed by atoms with van der Waals surface area (Å²) >= 11 is 11.7. The molecular weight excluding hydrogens is 373 g/mol. The molecule has 146 valence electrons. The molecule has 7 heteroatoms. The van der Waals surface area contributed by atoms with Gasteiger partial charge in [0.1, 0.15) is 6.23 Å². The summed E-state index contributed by atoms with van der Waals surface area (Å²) in [7, 11) is 0. The summed E-state index contributed by atoms with van der Waals surface area (Å²) < 4.78 is 5.52. The Morgan fingerprint density at radius 2 is 1.88 bits per heavy atom. The molecule has 1 aliphatic heterocycles. The fraction of sp³-hybridized carbons (Fsp3) is 0.632. The second-order valence-electron chi connectivity index (χ2n) is 6.43. The number of benzene rings is 1. The summed E-state index contributed by atoms with van der Waals surface area (Å²) in [5.41, 5.74) is 8.06. The number of alkyl halides is 2. The van der Waals surface area contributed by atoms with E-state index in [9.17, 15) is 4.79 Å². The Bertz CT molecular complexity index is 516. The van der Waals surface area contributed by atoms with Crippen molar-refractivity contribution >= 4 is 34.8 Å². The van der Waals surface area contributed by atoms with Crippen LogP contribution in [0.4, 0.5) is 5.69 Å². The number of carbonyl (C=O) groups is 1. The van der Waals surface area contributed by atoms with Crippen molar-refractivity contribution in [3.05, 3.63) is 29.8 Å². The van der Waals surface area contributed by atoms with Crippen LogP contribution in [-0.4, -0.2) is 43.6 Å². The van der Waals surface area contributed by atoms with Crippen LogP contribution < -0.4 is 15.8 Å². The molecular formula is C19H29Cl2N3O2. The van der Waals surface area contributed by atoms with Crippen LogP contribution in [0.1, 0.15) is 37.7 Å². The molecule has 26 heavy (non-hydrogen) atoms. The number of nitrogens with one attached hydrogen (secondary N) is 2. The van der Waals surface area contributed by atoms with E-state index in [4.69, 9.17) is 27.9 Å². The van der Waals surface area contributed by atoms with Crippen molar-refractivity contribution < 1.29 is 9.53 Å². The molecule has 1 aromatic carbocycles. The van der Waals surface area contributed by atoms with Crippen LogP contribution in [0, 0.1) is 0 Å². The Balaban J connectivity index is 1.67. The lowest BCUT2D eigenvalue weighted by Gasteiger charge is -2.23. The molecule has 0 radical (unpaired) electrons. The zero-order valence-corrected chi connectivity index (χ0v) is 16.7. The maximum Gasteiger partial charge on any atom is 0.234 e. The zero-order chi connectivity index (χ0) is 18.6. The van der Waals surface area contributed by atoms with Crippen molar-refractivity contribution in [1.82, 2.24) is 10.9 Å². The molecule has 2 N–H and O–H groups in total. The third kappa shape index (κ3) is 7.70. The van der Waals surface area contributed by atoms with Crippen LogP contribution in [0.5, 0.6) is 0 Å². The number of hydrazine groups is 1. The minimum absolute atomic E-state index is 0.00573. The lowest BCUT2D eigenvalue weighted by Crippen LogP contribution is -2.46. The van der Waals surface area contributed by atoms with Crippen molar-refractivity contribution in [3.63, 3.8) is 0 Å². The number of aryl methyl sites for hydroxylation is 1. The number of halogens is 2. The van der Waals surface area contributed by atoms with E-state index in [0.29, 0.717) is 18.2 Å². The summed E-state index contributed by atoms with van der Waals surface area (Å²) in [6.07, 6.45) is 5.30. The van der Waals surface area contributed by atoms with Gasteiger partial charge in [-0.15, -0.1) is 23.2 Å². The molecule has 5 nitrogen and oxygen atoms in total. The maximum absolute atomic E-state index is 11.9. The monoisotopic (exact) mass is 401 g/mol. The first-order valence-corrected chi connectivity index (χ1v) is 10.4. The number of hydrogen-bond donors (Lipinski definition) is 2. The third-order valence-corrected chi connectivity index (χ3v) is 4.77. The molecule has 0 bridgehead atoms. The van der Waals surface area contributed by atoms with Gasteiger partial charge < -0.3 is 9.64 Å². The fourth-order valence-electron chi connectivity index (χ4n) is 2.98. The van der Waals surface area contributed by atoms with E-state index in [1.807, 2.05) is 0 Å². The maximum atomic E-state index is 11.9. The first-order chi connectivity index (χ1) is 12.7. The molecule has 0 unspecified atom stereocenters. The van der Waals surface area contributed by atoms with E-state index in [1.165, 1.54) is 5.56 Å². The third-order valence-electron chi connectivity index (χ3n) is 4.43. The number of nitrogens with zero attached hydrogens (tertiary/aromatic N) is 1. The first-order valence-electron chi connectivity index (χ1n) is 9.34. The van der Waals surface area contributed by atoms with E-state index in [0.717, 1.165) is 57.5 Å². The van der Waals surface area contributed by atoms with Gasteiger partial charge in [-0.05, 0) is 49.8 Å². The van der Waals surface area contributed by atoms with Gasteiger partial charge >= 0.3 is 0 Å². The SMILES string of the molecule is O=C(CCCc1ccc(N(CCCl)CCCl)cc1)NN[C@H]1CCCCO1. The van der Waals surface area contributed by atoms with Gasteiger partial charge in [-0.2, -0.15) is 0 Å². The van der Waals surface area contributed by atoms with Gasteiger partial charge in [-0.3, -0.25) is 10.2 Å². The summed E-state index contributed by atoms with van der Waals surface area (Å²) in [5, 5.41) is 0. The molecule has 1 aliphatic rings. The van der Waals surface area contributed by atoms with Crippen LogP contribution in [0.15, 0.2) is 24.3 Å². The van der Waals surface area contributed by atoms with Gasteiger partial charge in [0.15, 0.2) is 0 Å². The van der Waals surface area contributed by atoms with E-state index < -0.39 is 0 Å². The lowest BCUT2D eigenvalue weighted by molar-refractivity contribution is -0.124. The highest BCUT2D eigenvalue weighted by Gasteiger charge is 2.13. The van der Waals surface area contributed by atoms with Gasteiger partial charge in [-0.25, -0.2) is 5.43 Å². The summed E-state index contributed by atoms with van der Waals surface area (Å²) in [6, 6.07) is 8.40. The molecule has 1 heterocycles. The van der Waals surface area contributed by atoms with E-state index in [1.54, 1.807) is 0 Å². The van der Waals surface area contributed by atoms with Crippen molar-refractivity contribution in [2.24, 2.45) is 0 Å². The Morgan fingerprint density at radius 1 is 1.15 bits per heavy atom. The quantitative estimate of drug-likeness (QED) is 0.440. The summed E-state index contributed by atoms with van der Waals surface area (Å²) in [4.78, 5) is 14.1. The van der Waals surface area contributed by atoms with Crippen LogP contribution in [-0.2, 0) is 16.0 Å². The average molecular weight is 402 g/mol. The molecule has 1 saturated heterocycles. The van der Waals surface area contributed by atoms with Gasteiger partial charge in [-0.1, -0.05) is 12.1 Å². The molecule has 1 aromatic rings. The second kappa shape index (κ2) is 12.4. The van der Waals surface area contributed by atoms with Crippen LogP contribution in [0.3, 0.4) is 0 Å². The molecule has 1 fully saturated rings. The Morgan fingerprint density at radius 3 is 2.50 bits per heavy atom. The number of amides is 1. The topological polar surface area (TPSA) is 53.6 Å². The van der Waals surface area contributed by atoms with Gasteiger partial charge in [0.05, 0.1) is 0 Å². The predicted octanol–water partition coefficient (Wildman–Crippen LogP) is 3.44. The fourth-order valence-corrected chi connectivity index (χ4v) is 3.39. The Labute approximate surface area is 166 Å². The smallest absolute Gasteiger partial charge is 0.234 e. The van der Waals surface area contributed by atoms with Crippen molar-refractivity contribution in [2.75, 3.05) is 36.4 Å². The average Bonchev–Trinajstić information content (AvgIpc) is 2.68. The largest absolute Gasteiger partial charge is 0.369 e. The van der Waals surface area contributed by atoms with Crippen molar-refractivity contribution in [3.8, 4) is 0 Å². The van der Waals surface area contributed by atoms with Gasteiger partial charge in [0.2, 0.25) is 5.91 Å². The molecule has 0 aliphatic carbocycles.